The van der Waals surface area contributed by atoms with Crippen LogP contribution in [0.25, 0.3) is 0 Å². The number of halogens is 2. The Morgan fingerprint density at radius 3 is 2.86 bits per heavy atom. The standard InChI is InChI=1S/C17H19BrClN3/c1-12-16(21-17-15(18)9-14(19)10-20-17)7-8-22(12)11-13-5-3-2-4-6-13/h2-6,9-10,12,16H,7-8,11H2,1H3,(H,20,21). The van der Waals surface area contributed by atoms with E-state index in [0.29, 0.717) is 17.1 Å². The first-order valence-corrected chi connectivity index (χ1v) is 8.66. The zero-order valence-electron chi connectivity index (χ0n) is 12.5. The second-order valence-electron chi connectivity index (χ2n) is 5.72. The van der Waals surface area contributed by atoms with E-state index in [-0.39, 0.29) is 0 Å². The Morgan fingerprint density at radius 2 is 2.14 bits per heavy atom. The lowest BCUT2D eigenvalue weighted by molar-refractivity contribution is 0.255. The summed E-state index contributed by atoms with van der Waals surface area (Å²) >= 11 is 9.47. The van der Waals surface area contributed by atoms with Crippen LogP contribution in [0.2, 0.25) is 5.02 Å². The van der Waals surface area contributed by atoms with Crippen LogP contribution in [0.1, 0.15) is 18.9 Å². The molecule has 5 heteroatoms. The van der Waals surface area contributed by atoms with Crippen LogP contribution in [-0.4, -0.2) is 28.5 Å². The van der Waals surface area contributed by atoms with Gasteiger partial charge in [0.15, 0.2) is 0 Å². The first-order valence-electron chi connectivity index (χ1n) is 7.49. The van der Waals surface area contributed by atoms with Crippen LogP contribution in [0.3, 0.4) is 0 Å². The highest BCUT2D eigenvalue weighted by molar-refractivity contribution is 9.10. The van der Waals surface area contributed by atoms with E-state index in [9.17, 15) is 0 Å². The van der Waals surface area contributed by atoms with Gasteiger partial charge >= 0.3 is 0 Å². The van der Waals surface area contributed by atoms with Gasteiger partial charge in [-0.2, -0.15) is 0 Å². The molecule has 1 N–H and O–H groups in total. The van der Waals surface area contributed by atoms with Gasteiger partial charge in [0, 0.05) is 31.4 Å². The molecule has 0 saturated carbocycles. The minimum absolute atomic E-state index is 0.397. The molecule has 2 aromatic rings. The molecule has 1 fully saturated rings. The monoisotopic (exact) mass is 379 g/mol. The summed E-state index contributed by atoms with van der Waals surface area (Å²) in [5, 5.41) is 4.18. The molecule has 3 nitrogen and oxygen atoms in total. The number of nitrogens with one attached hydrogen (secondary N) is 1. The van der Waals surface area contributed by atoms with Crippen LogP contribution in [0.15, 0.2) is 47.1 Å². The van der Waals surface area contributed by atoms with Crippen molar-refractivity contribution in [3.8, 4) is 0 Å². The fourth-order valence-electron chi connectivity index (χ4n) is 2.93. The third-order valence-electron chi connectivity index (χ3n) is 4.24. The fraction of sp³-hybridized carbons (Fsp3) is 0.353. The van der Waals surface area contributed by atoms with Gasteiger partial charge in [0.05, 0.1) is 9.50 Å². The van der Waals surface area contributed by atoms with E-state index in [1.807, 2.05) is 6.07 Å². The van der Waals surface area contributed by atoms with Gasteiger partial charge in [0.25, 0.3) is 0 Å². The maximum Gasteiger partial charge on any atom is 0.140 e. The van der Waals surface area contributed by atoms with Gasteiger partial charge in [-0.3, -0.25) is 4.90 Å². The molecule has 3 rings (SSSR count). The molecular formula is C17H19BrClN3. The van der Waals surface area contributed by atoms with Crippen molar-refractivity contribution in [1.82, 2.24) is 9.88 Å². The first-order chi connectivity index (χ1) is 10.6. The molecule has 1 saturated heterocycles. The second-order valence-corrected chi connectivity index (χ2v) is 7.01. The lowest BCUT2D eigenvalue weighted by Gasteiger charge is -2.25. The van der Waals surface area contributed by atoms with Crippen molar-refractivity contribution < 1.29 is 0 Å². The Hall–Kier alpha value is -1.10. The van der Waals surface area contributed by atoms with Crippen molar-refractivity contribution in [2.45, 2.75) is 32.0 Å². The molecule has 0 spiro atoms. The van der Waals surface area contributed by atoms with Gasteiger partial charge in [-0.1, -0.05) is 41.9 Å². The van der Waals surface area contributed by atoms with Crippen LogP contribution in [0, 0.1) is 0 Å². The lowest BCUT2D eigenvalue weighted by atomic mass is 10.1. The van der Waals surface area contributed by atoms with E-state index < -0.39 is 0 Å². The highest BCUT2D eigenvalue weighted by Gasteiger charge is 2.31. The molecule has 22 heavy (non-hydrogen) atoms. The smallest absolute Gasteiger partial charge is 0.140 e. The van der Waals surface area contributed by atoms with Crippen molar-refractivity contribution in [3.63, 3.8) is 0 Å². The van der Waals surface area contributed by atoms with Gasteiger partial charge in [0.1, 0.15) is 5.82 Å². The number of pyridine rings is 1. The quantitative estimate of drug-likeness (QED) is 0.842. The number of hydrogen-bond acceptors (Lipinski definition) is 3. The van der Waals surface area contributed by atoms with Crippen LogP contribution in [-0.2, 0) is 6.54 Å². The summed E-state index contributed by atoms with van der Waals surface area (Å²) in [7, 11) is 0. The molecule has 2 atom stereocenters. The lowest BCUT2D eigenvalue weighted by Crippen LogP contribution is -2.36. The van der Waals surface area contributed by atoms with Crippen LogP contribution in [0.4, 0.5) is 5.82 Å². The summed E-state index contributed by atoms with van der Waals surface area (Å²) < 4.78 is 0.911. The Morgan fingerprint density at radius 1 is 1.36 bits per heavy atom. The molecular weight excluding hydrogens is 362 g/mol. The average molecular weight is 381 g/mol. The van der Waals surface area contributed by atoms with Crippen LogP contribution >= 0.6 is 27.5 Å². The van der Waals surface area contributed by atoms with E-state index in [4.69, 9.17) is 11.6 Å². The van der Waals surface area contributed by atoms with Gasteiger partial charge < -0.3 is 5.32 Å². The largest absolute Gasteiger partial charge is 0.365 e. The molecule has 0 aliphatic carbocycles. The number of anilines is 1. The number of hydrogen-bond donors (Lipinski definition) is 1. The minimum atomic E-state index is 0.397. The number of rotatable bonds is 4. The van der Waals surface area contributed by atoms with Crippen molar-refractivity contribution in [2.75, 3.05) is 11.9 Å². The van der Waals surface area contributed by atoms with E-state index in [1.165, 1.54) is 5.56 Å². The maximum absolute atomic E-state index is 5.95. The summed E-state index contributed by atoms with van der Waals surface area (Å²) in [4.78, 5) is 6.89. The summed E-state index contributed by atoms with van der Waals surface area (Å²) in [6.45, 7) is 4.37. The molecule has 0 amide bonds. The Kier molecular flexibility index (Phi) is 5.01. The Balaban J connectivity index is 1.64. The Labute approximate surface area is 144 Å². The van der Waals surface area contributed by atoms with Crippen molar-refractivity contribution >= 4 is 33.3 Å². The summed E-state index contributed by atoms with van der Waals surface area (Å²) in [5.41, 5.74) is 1.36. The summed E-state index contributed by atoms with van der Waals surface area (Å²) in [6.07, 6.45) is 2.79. The molecule has 1 aromatic carbocycles. The zero-order valence-corrected chi connectivity index (χ0v) is 14.8. The fourth-order valence-corrected chi connectivity index (χ4v) is 3.69. The van der Waals surface area contributed by atoms with Crippen molar-refractivity contribution in [3.05, 3.63) is 57.7 Å². The van der Waals surface area contributed by atoms with Crippen molar-refractivity contribution in [1.29, 1.82) is 0 Å². The molecule has 1 aromatic heterocycles. The first kappa shape index (κ1) is 15.8. The SMILES string of the molecule is CC1C(Nc2ncc(Cl)cc2Br)CCN1Cc1ccccc1. The summed E-state index contributed by atoms with van der Waals surface area (Å²) in [5.74, 6) is 0.864. The third kappa shape index (κ3) is 3.62. The van der Waals surface area contributed by atoms with E-state index in [1.54, 1.807) is 6.20 Å². The maximum atomic E-state index is 5.95. The third-order valence-corrected chi connectivity index (χ3v) is 5.06. The molecule has 2 heterocycles. The molecule has 1 aliphatic heterocycles. The number of aromatic nitrogens is 1. The van der Waals surface area contributed by atoms with Gasteiger partial charge in [0.2, 0.25) is 0 Å². The van der Waals surface area contributed by atoms with Crippen LogP contribution < -0.4 is 5.32 Å². The minimum Gasteiger partial charge on any atom is -0.365 e. The topological polar surface area (TPSA) is 28.2 Å². The van der Waals surface area contributed by atoms with E-state index in [2.05, 4.69) is 68.4 Å². The van der Waals surface area contributed by atoms with Gasteiger partial charge in [-0.15, -0.1) is 0 Å². The normalized spacial score (nSPS) is 22.0. The predicted molar refractivity (Wildman–Crippen MR) is 95.3 cm³/mol. The van der Waals surface area contributed by atoms with Gasteiger partial charge in [-0.05, 0) is 40.9 Å². The van der Waals surface area contributed by atoms with Crippen molar-refractivity contribution in [2.24, 2.45) is 0 Å². The number of benzene rings is 1. The summed E-state index contributed by atoms with van der Waals surface area (Å²) in [6, 6.07) is 13.4. The van der Waals surface area contributed by atoms with Gasteiger partial charge in [-0.25, -0.2) is 4.98 Å². The van der Waals surface area contributed by atoms with E-state index >= 15 is 0 Å². The molecule has 0 radical (unpaired) electrons. The predicted octanol–water partition coefficient (Wildman–Crippen LogP) is 4.57. The van der Waals surface area contributed by atoms with E-state index in [0.717, 1.165) is 29.8 Å². The van der Waals surface area contributed by atoms with Crippen LogP contribution in [0.5, 0.6) is 0 Å². The molecule has 1 aliphatic rings. The number of nitrogens with zero attached hydrogens (tertiary/aromatic N) is 2. The Bertz CT molecular complexity index is 635. The zero-order chi connectivity index (χ0) is 15.5. The molecule has 2 unspecified atom stereocenters. The average Bonchev–Trinajstić information content (AvgIpc) is 2.84. The number of likely N-dealkylation sites (tertiary alicyclic amines) is 1. The second kappa shape index (κ2) is 6.99. The highest BCUT2D eigenvalue weighted by Crippen LogP contribution is 2.28. The highest BCUT2D eigenvalue weighted by atomic mass is 79.9. The molecule has 0 bridgehead atoms. The molecule has 116 valence electrons.